The minimum atomic E-state index is -0.292. The Balaban J connectivity index is 2.64. The van der Waals surface area contributed by atoms with E-state index in [4.69, 9.17) is 5.53 Å². The van der Waals surface area contributed by atoms with E-state index in [1.165, 1.54) is 0 Å². The highest BCUT2D eigenvalue weighted by Gasteiger charge is 2.69. The quantitative estimate of drug-likeness (QED) is 0.411. The van der Waals surface area contributed by atoms with Crippen LogP contribution in [0.1, 0.15) is 33.6 Å². The minimum absolute atomic E-state index is 0.0361. The van der Waals surface area contributed by atoms with Crippen molar-refractivity contribution in [3.8, 4) is 0 Å². The molecule has 3 heteroatoms. The summed E-state index contributed by atoms with van der Waals surface area (Å²) in [6.45, 7) is 6.19. The van der Waals surface area contributed by atoms with Gasteiger partial charge in [-0.25, -0.2) is 0 Å². The summed E-state index contributed by atoms with van der Waals surface area (Å²) < 4.78 is 0. The van der Waals surface area contributed by atoms with Gasteiger partial charge < -0.3 is 5.53 Å². The summed E-state index contributed by atoms with van der Waals surface area (Å²) in [4.78, 5) is 15.0. The number of nitrogens with zero attached hydrogens (tertiary/aromatic N) is 2. The van der Waals surface area contributed by atoms with Crippen LogP contribution < -0.4 is 0 Å². The van der Waals surface area contributed by atoms with Crippen molar-refractivity contribution >= 4 is 11.5 Å². The summed E-state index contributed by atoms with van der Waals surface area (Å²) in [5.41, 5.74) is 8.85. The van der Waals surface area contributed by atoms with E-state index in [0.717, 1.165) is 12.8 Å². The molecule has 0 N–H and O–H groups in total. The van der Waals surface area contributed by atoms with Crippen LogP contribution in [-0.4, -0.2) is 16.3 Å². The molecule has 13 heavy (non-hydrogen) atoms. The number of rotatable bonds is 0. The molecule has 0 aromatic heterocycles. The molecule has 70 valence electrons. The van der Waals surface area contributed by atoms with E-state index < -0.39 is 0 Å². The summed E-state index contributed by atoms with van der Waals surface area (Å²) in [5, 5.41) is 0. The molecule has 0 aromatic carbocycles. The van der Waals surface area contributed by atoms with Gasteiger partial charge >= 0.3 is 5.71 Å². The van der Waals surface area contributed by atoms with Gasteiger partial charge in [-0.3, -0.25) is 4.79 Å². The van der Waals surface area contributed by atoms with Gasteiger partial charge in [-0.05, 0) is 18.3 Å². The molecule has 2 fully saturated rings. The maximum Gasteiger partial charge on any atom is 0.338 e. The Morgan fingerprint density at radius 1 is 1.46 bits per heavy atom. The molecule has 3 nitrogen and oxygen atoms in total. The fourth-order valence-corrected chi connectivity index (χ4v) is 2.94. The lowest BCUT2D eigenvalue weighted by Gasteiger charge is -2.30. The molecule has 1 unspecified atom stereocenters. The predicted molar refractivity (Wildman–Crippen MR) is 48.2 cm³/mol. The average molecular weight is 178 g/mol. The van der Waals surface area contributed by atoms with Gasteiger partial charge in [0.2, 0.25) is 5.78 Å². The molecular formula is C10H14N2O. The third kappa shape index (κ3) is 0.696. The number of carbonyl (C=O) groups excluding carboxylic acids is 1. The highest BCUT2D eigenvalue weighted by Crippen LogP contribution is 2.61. The standard InChI is InChI=1S/C10H14N2O/c1-9(2)6-4-5-10(9,3)8(13)7(6)12-11/h6H,4-5H2,1-3H3/t6?,10-/m0/s1. The van der Waals surface area contributed by atoms with Gasteiger partial charge in [-0.15, -0.1) is 0 Å². The number of hydrogen-bond acceptors (Lipinski definition) is 1. The Hall–Kier alpha value is -0.950. The molecule has 0 amide bonds. The largest absolute Gasteiger partial charge is 0.361 e. The van der Waals surface area contributed by atoms with Crippen LogP contribution in [0.15, 0.2) is 0 Å². The Labute approximate surface area is 77.8 Å². The fourth-order valence-electron chi connectivity index (χ4n) is 2.94. The van der Waals surface area contributed by atoms with Crippen LogP contribution in [0.4, 0.5) is 0 Å². The maximum atomic E-state index is 11.8. The first-order chi connectivity index (χ1) is 5.95. The Kier molecular flexibility index (Phi) is 1.40. The normalized spacial score (nSPS) is 41.0. The van der Waals surface area contributed by atoms with E-state index in [1.54, 1.807) is 0 Å². The molecular weight excluding hydrogens is 164 g/mol. The van der Waals surface area contributed by atoms with Crippen LogP contribution in [0.3, 0.4) is 0 Å². The van der Waals surface area contributed by atoms with Gasteiger partial charge in [-0.2, -0.15) is 4.79 Å². The highest BCUT2D eigenvalue weighted by atomic mass is 16.1. The lowest BCUT2D eigenvalue weighted by Crippen LogP contribution is -2.33. The molecule has 0 aliphatic heterocycles. The smallest absolute Gasteiger partial charge is 0.338 e. The molecule has 0 radical (unpaired) electrons. The topological polar surface area (TPSA) is 53.5 Å². The molecule has 0 heterocycles. The SMILES string of the molecule is CC1(C)C2CC[C@@]1(C)C(=O)C2=[N+]=[N-]. The second kappa shape index (κ2) is 2.10. The Morgan fingerprint density at radius 2 is 2.08 bits per heavy atom. The Bertz CT molecular complexity index is 339. The van der Waals surface area contributed by atoms with Crippen LogP contribution in [-0.2, 0) is 4.79 Å². The van der Waals surface area contributed by atoms with Crippen molar-refractivity contribution in [1.82, 2.24) is 0 Å². The van der Waals surface area contributed by atoms with Crippen LogP contribution in [0, 0.1) is 16.7 Å². The molecule has 2 aliphatic carbocycles. The molecule has 2 aliphatic rings. The van der Waals surface area contributed by atoms with E-state index >= 15 is 0 Å². The van der Waals surface area contributed by atoms with Crippen LogP contribution in [0.5, 0.6) is 0 Å². The van der Waals surface area contributed by atoms with Crippen molar-refractivity contribution in [3.05, 3.63) is 5.53 Å². The zero-order valence-electron chi connectivity index (χ0n) is 8.29. The molecule has 2 atom stereocenters. The number of hydrogen-bond donors (Lipinski definition) is 0. The fraction of sp³-hybridized carbons (Fsp3) is 0.800. The Morgan fingerprint density at radius 3 is 2.38 bits per heavy atom. The van der Waals surface area contributed by atoms with E-state index in [0.29, 0.717) is 5.71 Å². The van der Waals surface area contributed by atoms with Crippen molar-refractivity contribution in [2.45, 2.75) is 33.6 Å². The van der Waals surface area contributed by atoms with Gasteiger partial charge in [0, 0.05) is 5.41 Å². The van der Waals surface area contributed by atoms with Crippen LogP contribution in [0.25, 0.3) is 5.53 Å². The molecule has 2 saturated carbocycles. The van der Waals surface area contributed by atoms with Crippen molar-refractivity contribution in [2.24, 2.45) is 16.7 Å². The zero-order valence-corrected chi connectivity index (χ0v) is 8.29. The lowest BCUT2D eigenvalue weighted by molar-refractivity contribution is -0.126. The van der Waals surface area contributed by atoms with Gasteiger partial charge in [0.1, 0.15) is 0 Å². The third-order valence-electron chi connectivity index (χ3n) is 4.40. The first-order valence-electron chi connectivity index (χ1n) is 4.72. The molecule has 2 rings (SSSR count). The number of Topliss-reactive ketones (excluding diaryl/α,β-unsaturated/α-hetero) is 1. The number of fused-ring (bicyclic) bond motifs is 2. The first-order valence-corrected chi connectivity index (χ1v) is 4.72. The first kappa shape index (κ1) is 8.64. The zero-order chi connectivity index (χ0) is 9.85. The van der Waals surface area contributed by atoms with E-state index in [-0.39, 0.29) is 22.5 Å². The molecule has 0 saturated heterocycles. The van der Waals surface area contributed by atoms with Crippen LogP contribution in [0.2, 0.25) is 0 Å². The monoisotopic (exact) mass is 178 g/mol. The average Bonchev–Trinajstić information content (AvgIpc) is 2.36. The third-order valence-corrected chi connectivity index (χ3v) is 4.40. The second-order valence-corrected chi connectivity index (χ2v) is 4.96. The van der Waals surface area contributed by atoms with E-state index in [1.807, 2.05) is 6.92 Å². The maximum absolute atomic E-state index is 11.8. The number of ketones is 1. The second-order valence-electron chi connectivity index (χ2n) is 4.96. The van der Waals surface area contributed by atoms with Crippen molar-refractivity contribution < 1.29 is 9.58 Å². The van der Waals surface area contributed by atoms with Crippen molar-refractivity contribution in [3.63, 3.8) is 0 Å². The summed E-state index contributed by atoms with van der Waals surface area (Å²) in [6.07, 6.45) is 1.91. The lowest BCUT2D eigenvalue weighted by atomic mass is 9.70. The van der Waals surface area contributed by atoms with Crippen molar-refractivity contribution in [2.75, 3.05) is 0 Å². The van der Waals surface area contributed by atoms with Crippen molar-refractivity contribution in [1.29, 1.82) is 0 Å². The van der Waals surface area contributed by atoms with Crippen LogP contribution >= 0.6 is 0 Å². The van der Waals surface area contributed by atoms with Gasteiger partial charge in [0.05, 0.1) is 5.92 Å². The summed E-state index contributed by atoms with van der Waals surface area (Å²) in [5.74, 6) is 0.214. The minimum Gasteiger partial charge on any atom is -0.361 e. The summed E-state index contributed by atoms with van der Waals surface area (Å²) >= 11 is 0. The van der Waals surface area contributed by atoms with Gasteiger partial charge in [-0.1, -0.05) is 20.8 Å². The highest BCUT2D eigenvalue weighted by molar-refractivity contribution is 6.43. The molecule has 0 spiro atoms. The summed E-state index contributed by atoms with van der Waals surface area (Å²) in [7, 11) is 0. The number of carbonyl (C=O) groups is 1. The predicted octanol–water partition coefficient (Wildman–Crippen LogP) is 1.68. The molecule has 2 bridgehead atoms. The molecule has 0 aromatic rings. The van der Waals surface area contributed by atoms with E-state index in [9.17, 15) is 4.79 Å². The van der Waals surface area contributed by atoms with Gasteiger partial charge in [0.25, 0.3) is 0 Å². The van der Waals surface area contributed by atoms with Gasteiger partial charge in [0.15, 0.2) is 0 Å². The van der Waals surface area contributed by atoms with E-state index in [2.05, 4.69) is 18.6 Å². The summed E-state index contributed by atoms with van der Waals surface area (Å²) in [6, 6.07) is 0.